The molecule has 80 valence electrons. The zero-order chi connectivity index (χ0) is 11.1. The highest BCUT2D eigenvalue weighted by atomic mass is 35.8. The molecule has 0 unspecified atom stereocenters. The van der Waals surface area contributed by atoms with Crippen LogP contribution in [-0.2, 0) is 0 Å². The van der Waals surface area contributed by atoms with Crippen LogP contribution in [-0.4, -0.2) is 25.8 Å². The summed E-state index contributed by atoms with van der Waals surface area (Å²) < 4.78 is 2.04. The van der Waals surface area contributed by atoms with Crippen LogP contribution in [0.3, 0.4) is 0 Å². The van der Waals surface area contributed by atoms with Gasteiger partial charge in [0.1, 0.15) is 8.24 Å². The Bertz CT molecular complexity index is 146. The molecule has 0 aliphatic rings. The summed E-state index contributed by atoms with van der Waals surface area (Å²) in [5, 5.41) is 0. The highest BCUT2D eigenvalue weighted by molar-refractivity contribution is 7.67. The second kappa shape index (κ2) is 4.33. The van der Waals surface area contributed by atoms with Crippen molar-refractivity contribution in [3.63, 3.8) is 0 Å². The van der Waals surface area contributed by atoms with Crippen LogP contribution >= 0.6 is 44.3 Å². The van der Waals surface area contributed by atoms with Crippen LogP contribution in [0.15, 0.2) is 0 Å². The molecule has 0 saturated heterocycles. The van der Waals surface area contributed by atoms with E-state index in [2.05, 4.69) is 19.6 Å². The summed E-state index contributed by atoms with van der Waals surface area (Å²) in [6.07, 6.45) is -2.82. The third-order valence-electron chi connectivity index (χ3n) is 1.46. The van der Waals surface area contributed by atoms with Crippen molar-refractivity contribution in [2.45, 2.75) is 32.7 Å². The van der Waals surface area contributed by atoms with Crippen molar-refractivity contribution in [3.8, 4) is 0 Å². The van der Waals surface area contributed by atoms with E-state index >= 15 is 0 Å². The highest BCUT2D eigenvalue weighted by Crippen LogP contribution is 2.36. The van der Waals surface area contributed by atoms with Crippen LogP contribution in [0.25, 0.3) is 0 Å². The molecule has 0 aromatic rings. The van der Waals surface area contributed by atoms with E-state index in [1.807, 2.05) is 17.0 Å². The van der Waals surface area contributed by atoms with Crippen molar-refractivity contribution >= 4 is 66.3 Å². The lowest BCUT2D eigenvalue weighted by Gasteiger charge is -2.44. The lowest BCUT2D eigenvalue weighted by molar-refractivity contribution is 0.977. The first-order valence-corrected chi connectivity index (χ1v) is 16.3. The van der Waals surface area contributed by atoms with Crippen LogP contribution < -0.4 is 0 Å². The summed E-state index contributed by atoms with van der Waals surface area (Å²) in [6, 6.07) is 0. The normalized spacial score (nSPS) is 15.2. The molecule has 0 aliphatic heterocycles. The fraction of sp³-hybridized carbons (Fsp3) is 1.00. The van der Waals surface area contributed by atoms with Crippen molar-refractivity contribution in [2.24, 2.45) is 0 Å². The maximum Gasteiger partial charge on any atom is 0.412 e. The van der Waals surface area contributed by atoms with Gasteiger partial charge >= 0.3 is 6.16 Å². The summed E-state index contributed by atoms with van der Waals surface area (Å²) in [5.41, 5.74) is 0. The fourth-order valence-electron chi connectivity index (χ4n) is 1.48. The van der Waals surface area contributed by atoms with Gasteiger partial charge in [-0.25, -0.2) is 0 Å². The topological polar surface area (TPSA) is 3.24 Å². The maximum atomic E-state index is 6.35. The van der Waals surface area contributed by atoms with Gasteiger partial charge in [-0.2, -0.15) is 0 Å². The Balaban J connectivity index is 5.02. The summed E-state index contributed by atoms with van der Waals surface area (Å²) in [6.45, 7) is 10.5. The van der Waals surface area contributed by atoms with Gasteiger partial charge in [-0.3, -0.25) is 0 Å². The molecule has 0 amide bonds. The molecule has 0 saturated carbocycles. The molecule has 0 aromatic carbocycles. The molecule has 0 spiro atoms. The molecule has 8 heteroatoms. The van der Waals surface area contributed by atoms with E-state index in [9.17, 15) is 0 Å². The SMILES string of the molecule is C[Si](C)(C)N([Si](C)(C)Cl)[Si](Cl)(Cl)Cl. The molecule has 0 atom stereocenters. The molecular weight excluding hydrogens is 300 g/mol. The van der Waals surface area contributed by atoms with Gasteiger partial charge in [0.2, 0.25) is 7.55 Å². The number of rotatable bonds is 3. The molecule has 1 nitrogen and oxygen atoms in total. The van der Waals surface area contributed by atoms with Crippen LogP contribution in [0.2, 0.25) is 32.7 Å². The lowest BCUT2D eigenvalue weighted by Crippen LogP contribution is -2.65. The summed E-state index contributed by atoms with van der Waals surface area (Å²) in [5.74, 6) is 0. The van der Waals surface area contributed by atoms with Gasteiger partial charge in [-0.05, 0) is 13.1 Å². The predicted molar refractivity (Wildman–Crippen MR) is 71.8 cm³/mol. The minimum Gasteiger partial charge on any atom is -0.320 e. The fourth-order valence-corrected chi connectivity index (χ4v) is 30.5. The van der Waals surface area contributed by atoms with E-state index in [0.717, 1.165) is 0 Å². The Hall–Kier alpha value is 1.77. The van der Waals surface area contributed by atoms with Gasteiger partial charge < -0.3 is 3.90 Å². The van der Waals surface area contributed by atoms with Crippen molar-refractivity contribution < 1.29 is 0 Å². The van der Waals surface area contributed by atoms with Crippen LogP contribution in [0, 0.1) is 0 Å². The minimum atomic E-state index is -2.82. The van der Waals surface area contributed by atoms with Crippen molar-refractivity contribution in [1.82, 2.24) is 3.90 Å². The number of hydrogen-bond donors (Lipinski definition) is 0. The quantitative estimate of drug-likeness (QED) is 0.557. The Morgan fingerprint density at radius 3 is 1.08 bits per heavy atom. The Morgan fingerprint density at radius 1 is 0.769 bits per heavy atom. The zero-order valence-corrected chi connectivity index (χ0v) is 14.5. The average Bonchev–Trinajstić information content (AvgIpc) is 1.44. The van der Waals surface area contributed by atoms with Crippen LogP contribution in [0.1, 0.15) is 0 Å². The standard InChI is InChI=1S/C5H15Cl4NSi3/c1-11(2,3)10(12(4,5)6)13(7,8)9/h1-5H3. The van der Waals surface area contributed by atoms with Crippen molar-refractivity contribution in [2.75, 3.05) is 0 Å². The number of hydrogen-bond acceptors (Lipinski definition) is 1. The number of halogens is 4. The highest BCUT2D eigenvalue weighted by Gasteiger charge is 2.50. The van der Waals surface area contributed by atoms with Crippen molar-refractivity contribution in [1.29, 1.82) is 0 Å². The number of nitrogens with zero attached hydrogens (tertiary/aromatic N) is 1. The first kappa shape index (κ1) is 14.8. The van der Waals surface area contributed by atoms with Gasteiger partial charge in [0.15, 0.2) is 0 Å². The Kier molecular flexibility index (Phi) is 4.92. The van der Waals surface area contributed by atoms with Gasteiger partial charge in [-0.15, -0.1) is 44.3 Å². The van der Waals surface area contributed by atoms with E-state index < -0.39 is 21.9 Å². The van der Waals surface area contributed by atoms with Gasteiger partial charge in [0.25, 0.3) is 0 Å². The Labute approximate surface area is 102 Å². The molecule has 0 N–H and O–H groups in total. The largest absolute Gasteiger partial charge is 0.412 e. The molecule has 0 aromatic heterocycles. The van der Waals surface area contributed by atoms with Crippen molar-refractivity contribution in [3.05, 3.63) is 0 Å². The first-order chi connectivity index (χ1) is 5.37. The average molecular weight is 315 g/mol. The lowest BCUT2D eigenvalue weighted by atomic mass is 11.8. The zero-order valence-electron chi connectivity index (χ0n) is 8.46. The molecule has 0 heterocycles. The molecule has 0 radical (unpaired) electrons. The van der Waals surface area contributed by atoms with E-state index in [1.165, 1.54) is 0 Å². The van der Waals surface area contributed by atoms with Gasteiger partial charge in [-0.1, -0.05) is 19.6 Å². The van der Waals surface area contributed by atoms with Crippen LogP contribution in [0.5, 0.6) is 0 Å². The summed E-state index contributed by atoms with van der Waals surface area (Å²) in [4.78, 5) is 0. The smallest absolute Gasteiger partial charge is 0.320 e. The maximum absolute atomic E-state index is 6.35. The second-order valence-corrected chi connectivity index (χ2v) is 24.6. The molecule has 0 aliphatic carbocycles. The van der Waals surface area contributed by atoms with E-state index in [1.54, 1.807) is 0 Å². The first-order valence-electron chi connectivity index (χ1n) is 3.93. The monoisotopic (exact) mass is 313 g/mol. The van der Waals surface area contributed by atoms with E-state index in [4.69, 9.17) is 44.3 Å². The third kappa shape index (κ3) is 4.88. The van der Waals surface area contributed by atoms with E-state index in [0.29, 0.717) is 0 Å². The molecular formula is C5H15Cl4NSi3. The summed E-state index contributed by atoms with van der Waals surface area (Å²) >= 11 is 24.5. The predicted octanol–water partition coefficient (Wildman–Crippen LogP) is 4.22. The summed E-state index contributed by atoms with van der Waals surface area (Å²) in [7, 11) is -3.65. The molecule has 0 rings (SSSR count). The minimum absolute atomic E-state index is 1.63. The van der Waals surface area contributed by atoms with Crippen LogP contribution in [0.4, 0.5) is 0 Å². The molecule has 0 bridgehead atoms. The Morgan fingerprint density at radius 2 is 1.08 bits per heavy atom. The molecule has 0 fully saturated rings. The third-order valence-corrected chi connectivity index (χ3v) is 19.2. The molecule has 13 heavy (non-hydrogen) atoms. The second-order valence-electron chi connectivity index (χ2n) is 4.38. The van der Waals surface area contributed by atoms with Gasteiger partial charge in [0, 0.05) is 0 Å². The van der Waals surface area contributed by atoms with Gasteiger partial charge in [0.05, 0.1) is 0 Å². The van der Waals surface area contributed by atoms with E-state index in [-0.39, 0.29) is 0 Å².